The standard InChI is InChI=1S/C7H8O/c1-6-2-4-7(8)5-3-6/h2-5,8H,1H3/p+1. The first kappa shape index (κ1) is 5.16. The van der Waals surface area contributed by atoms with Gasteiger partial charge >= 0.3 is 0 Å². The molecule has 1 aromatic carbocycles. The maximum absolute atomic E-state index is 7.09. The maximum Gasteiger partial charge on any atom is 0.253 e. The van der Waals surface area contributed by atoms with E-state index in [1.54, 1.807) is 12.1 Å². The van der Waals surface area contributed by atoms with Gasteiger partial charge in [-0.05, 0) is 6.92 Å². The Kier molecular flexibility index (Phi) is 1.20. The molecule has 0 aliphatic carbocycles. The second-order valence-corrected chi connectivity index (χ2v) is 1.87. The van der Waals surface area contributed by atoms with Crippen LogP contribution in [-0.4, -0.2) is 5.11 Å². The van der Waals surface area contributed by atoms with Gasteiger partial charge in [0, 0.05) is 12.1 Å². The van der Waals surface area contributed by atoms with Crippen LogP contribution in [0.15, 0.2) is 24.3 Å². The first-order valence-corrected chi connectivity index (χ1v) is 2.57. The van der Waals surface area contributed by atoms with Crippen molar-refractivity contribution < 1.29 is 5.11 Å². The van der Waals surface area contributed by atoms with Crippen LogP contribution < -0.4 is 0 Å². The predicted molar refractivity (Wildman–Crippen MR) is 34.2 cm³/mol. The Bertz CT molecular complexity index is 143. The molecule has 8 heavy (non-hydrogen) atoms. The highest BCUT2D eigenvalue weighted by Crippen LogP contribution is 2.07. The van der Waals surface area contributed by atoms with E-state index in [1.165, 1.54) is 5.56 Å². The summed E-state index contributed by atoms with van der Waals surface area (Å²) in [6.07, 6.45) is 0. The molecule has 1 nitrogen and oxygen atoms in total. The van der Waals surface area contributed by atoms with Crippen LogP contribution in [-0.2, 0) is 0 Å². The lowest BCUT2D eigenvalue weighted by molar-refractivity contribution is 0.475. The van der Waals surface area contributed by atoms with Crippen LogP contribution >= 0.6 is 0 Å². The third-order valence-corrected chi connectivity index (χ3v) is 1.05. The third-order valence-electron chi connectivity index (χ3n) is 1.05. The van der Waals surface area contributed by atoms with E-state index >= 15 is 0 Å². The summed E-state index contributed by atoms with van der Waals surface area (Å²) in [6.45, 7) is 2.01. The van der Waals surface area contributed by atoms with Gasteiger partial charge < -0.3 is 5.11 Å². The normalized spacial score (nSPS) is 9.12. The molecule has 0 radical (unpaired) electrons. The highest BCUT2D eigenvalue weighted by molar-refractivity contribution is 5.24. The predicted octanol–water partition coefficient (Wildman–Crippen LogP) is 1.43. The first-order chi connectivity index (χ1) is 3.79. The van der Waals surface area contributed by atoms with Gasteiger partial charge in [0.2, 0.25) is 0 Å². The lowest BCUT2D eigenvalue weighted by Crippen LogP contribution is -1.66. The van der Waals surface area contributed by atoms with E-state index in [2.05, 4.69) is 0 Å². The fourth-order valence-corrected chi connectivity index (χ4v) is 0.554. The number of benzene rings is 1. The third kappa shape index (κ3) is 0.997. The largest absolute Gasteiger partial charge is 0.593 e. The average Bonchev–Trinajstić information content (AvgIpc) is 1.77. The van der Waals surface area contributed by atoms with E-state index in [1.807, 2.05) is 19.1 Å². The fraction of sp³-hybridized carbons (Fsp3) is 0.143. The van der Waals surface area contributed by atoms with Crippen molar-refractivity contribution in [2.75, 3.05) is 0 Å². The highest BCUT2D eigenvalue weighted by atomic mass is 16.3. The first-order valence-electron chi connectivity index (χ1n) is 2.57. The van der Waals surface area contributed by atoms with Crippen LogP contribution in [0.3, 0.4) is 0 Å². The van der Waals surface area contributed by atoms with Crippen LogP contribution in [0, 0.1) is 6.92 Å². The van der Waals surface area contributed by atoms with Gasteiger partial charge in [-0.15, -0.1) is 0 Å². The van der Waals surface area contributed by atoms with Gasteiger partial charge in [0.15, 0.2) is 0 Å². The van der Waals surface area contributed by atoms with Gasteiger partial charge in [-0.1, -0.05) is 17.7 Å². The molecule has 0 unspecified atom stereocenters. The zero-order valence-corrected chi connectivity index (χ0v) is 4.81. The molecule has 2 N–H and O–H groups in total. The minimum absolute atomic E-state index is 0.579. The Labute approximate surface area is 48.6 Å². The quantitative estimate of drug-likeness (QED) is 0.450. The van der Waals surface area contributed by atoms with E-state index in [9.17, 15) is 0 Å². The number of aryl methyl sites for hydroxylation is 1. The number of hydrogen-bond acceptors (Lipinski definition) is 0. The number of rotatable bonds is 0. The molecule has 1 rings (SSSR count). The van der Waals surface area contributed by atoms with Gasteiger partial charge in [0.05, 0.1) is 0 Å². The zero-order valence-electron chi connectivity index (χ0n) is 4.81. The van der Waals surface area contributed by atoms with Gasteiger partial charge in [0.1, 0.15) is 0 Å². The average molecular weight is 109 g/mol. The molecule has 0 saturated heterocycles. The molecular weight excluding hydrogens is 100 g/mol. The van der Waals surface area contributed by atoms with E-state index in [4.69, 9.17) is 5.11 Å². The molecule has 0 aliphatic rings. The van der Waals surface area contributed by atoms with E-state index < -0.39 is 0 Å². The van der Waals surface area contributed by atoms with Crippen molar-refractivity contribution in [3.8, 4) is 5.75 Å². The lowest BCUT2D eigenvalue weighted by Gasteiger charge is -1.86. The van der Waals surface area contributed by atoms with E-state index in [0.29, 0.717) is 5.75 Å². The molecule has 1 heteroatoms. The molecule has 0 saturated carbocycles. The SMILES string of the molecule is Cc1ccc([OH2+])cc1. The fourth-order valence-electron chi connectivity index (χ4n) is 0.554. The van der Waals surface area contributed by atoms with Crippen molar-refractivity contribution >= 4 is 0 Å². The molecular formula is C7H9O+. The van der Waals surface area contributed by atoms with Crippen molar-refractivity contribution in [2.24, 2.45) is 0 Å². The molecule has 0 aliphatic heterocycles. The highest BCUT2D eigenvalue weighted by Gasteiger charge is 1.86. The Morgan fingerprint density at radius 1 is 1.12 bits per heavy atom. The molecule has 0 spiro atoms. The van der Waals surface area contributed by atoms with Crippen LogP contribution in [0.2, 0.25) is 0 Å². The summed E-state index contributed by atoms with van der Waals surface area (Å²) in [6, 6.07) is 7.44. The van der Waals surface area contributed by atoms with Gasteiger partial charge in [-0.2, -0.15) is 0 Å². The molecule has 0 bridgehead atoms. The molecule has 0 amide bonds. The smallest absolute Gasteiger partial charge is 0.253 e. The van der Waals surface area contributed by atoms with Crippen LogP contribution in [0.1, 0.15) is 5.56 Å². The van der Waals surface area contributed by atoms with Crippen LogP contribution in [0.4, 0.5) is 0 Å². The zero-order chi connectivity index (χ0) is 5.98. The Morgan fingerprint density at radius 3 is 2.00 bits per heavy atom. The van der Waals surface area contributed by atoms with E-state index in [-0.39, 0.29) is 0 Å². The van der Waals surface area contributed by atoms with Crippen molar-refractivity contribution in [1.29, 1.82) is 0 Å². The van der Waals surface area contributed by atoms with Crippen molar-refractivity contribution in [2.45, 2.75) is 6.92 Å². The lowest BCUT2D eigenvalue weighted by atomic mass is 10.2. The molecule has 0 fully saturated rings. The molecule has 42 valence electrons. The topological polar surface area (TPSA) is 22.9 Å². The van der Waals surface area contributed by atoms with Gasteiger partial charge in [-0.25, -0.2) is 0 Å². The summed E-state index contributed by atoms with van der Waals surface area (Å²) in [5.74, 6) is 0.579. The second-order valence-electron chi connectivity index (χ2n) is 1.87. The molecule has 0 heterocycles. The minimum atomic E-state index is 0.579. The van der Waals surface area contributed by atoms with Crippen molar-refractivity contribution in [3.63, 3.8) is 0 Å². The van der Waals surface area contributed by atoms with Crippen molar-refractivity contribution in [1.82, 2.24) is 0 Å². The summed E-state index contributed by atoms with van der Waals surface area (Å²) in [4.78, 5) is 0. The number of hydrogen-bond donors (Lipinski definition) is 0. The van der Waals surface area contributed by atoms with Crippen LogP contribution in [0.5, 0.6) is 5.75 Å². The molecule has 1 aromatic rings. The Balaban J connectivity index is 3.03. The summed E-state index contributed by atoms with van der Waals surface area (Å²) >= 11 is 0. The minimum Gasteiger partial charge on any atom is -0.593 e. The maximum atomic E-state index is 7.09. The monoisotopic (exact) mass is 109 g/mol. The summed E-state index contributed by atoms with van der Waals surface area (Å²) in [5, 5.41) is 7.09. The Morgan fingerprint density at radius 2 is 1.62 bits per heavy atom. The summed E-state index contributed by atoms with van der Waals surface area (Å²) < 4.78 is 0. The van der Waals surface area contributed by atoms with Crippen LogP contribution in [0.25, 0.3) is 0 Å². The van der Waals surface area contributed by atoms with E-state index in [0.717, 1.165) is 0 Å². The second kappa shape index (κ2) is 1.86. The summed E-state index contributed by atoms with van der Waals surface area (Å²) in [7, 11) is 0. The van der Waals surface area contributed by atoms with Gasteiger partial charge in [-0.3, -0.25) is 0 Å². The molecule has 0 aromatic heterocycles. The van der Waals surface area contributed by atoms with Gasteiger partial charge in [0.25, 0.3) is 5.75 Å². The summed E-state index contributed by atoms with van der Waals surface area (Å²) in [5.41, 5.74) is 1.21. The molecule has 0 atom stereocenters. The van der Waals surface area contributed by atoms with Crippen molar-refractivity contribution in [3.05, 3.63) is 29.8 Å². The Hall–Kier alpha value is -0.980.